The number of carboxylic acids is 1. The second kappa shape index (κ2) is 7.38. The number of carbonyl (C=O) groups excluding carboxylic acids is 1. The van der Waals surface area contributed by atoms with Crippen molar-refractivity contribution in [3.8, 4) is 5.82 Å². The van der Waals surface area contributed by atoms with Crippen LogP contribution < -0.4 is 15.9 Å². The van der Waals surface area contributed by atoms with Gasteiger partial charge in [-0.3, -0.25) is 9.36 Å². The summed E-state index contributed by atoms with van der Waals surface area (Å²) in [5.41, 5.74) is -3.20. The first-order valence-corrected chi connectivity index (χ1v) is 9.20. The van der Waals surface area contributed by atoms with Crippen molar-refractivity contribution in [2.75, 3.05) is 5.32 Å². The molecule has 0 saturated heterocycles. The minimum Gasteiger partial charge on any atom is -0.545 e. The van der Waals surface area contributed by atoms with E-state index >= 15 is 0 Å². The number of aromatic carboxylic acids is 1. The molecule has 0 aliphatic rings. The van der Waals surface area contributed by atoms with E-state index in [0.717, 1.165) is 4.57 Å². The van der Waals surface area contributed by atoms with Gasteiger partial charge in [0, 0.05) is 17.8 Å². The molecule has 6 nitrogen and oxygen atoms in total. The molecule has 0 atom stereocenters. The molecule has 2 heterocycles. The minimum atomic E-state index is -1.92. The smallest absolute Gasteiger partial charge is 0.198 e. The van der Waals surface area contributed by atoms with Crippen LogP contribution in [0.25, 0.3) is 16.7 Å². The molecule has 0 amide bonds. The highest BCUT2D eigenvalue weighted by Crippen LogP contribution is 2.31. The predicted molar refractivity (Wildman–Crippen MR) is 103 cm³/mol. The van der Waals surface area contributed by atoms with Crippen molar-refractivity contribution >= 4 is 38.6 Å². The van der Waals surface area contributed by atoms with Gasteiger partial charge in [0.2, 0.25) is 0 Å². The van der Waals surface area contributed by atoms with E-state index in [0.29, 0.717) is 18.3 Å². The summed E-state index contributed by atoms with van der Waals surface area (Å²) in [4.78, 5) is 27.7. The lowest BCUT2D eigenvalue weighted by molar-refractivity contribution is -0.255. The summed E-state index contributed by atoms with van der Waals surface area (Å²) in [7, 11) is 0. The summed E-state index contributed by atoms with van der Waals surface area (Å²) in [6.45, 7) is 5.07. The highest BCUT2D eigenvalue weighted by molar-refractivity contribution is 9.10. The minimum absolute atomic E-state index is 0.376. The van der Waals surface area contributed by atoms with Crippen LogP contribution in [0.4, 0.5) is 23.4 Å². The van der Waals surface area contributed by atoms with E-state index in [2.05, 4.69) is 26.2 Å². The summed E-state index contributed by atoms with van der Waals surface area (Å²) >= 11 is 2.80. The van der Waals surface area contributed by atoms with Gasteiger partial charge in [-0.25, -0.2) is 22.5 Å². The molecule has 0 aliphatic heterocycles. The number of hydrogen-bond acceptors (Lipinski definition) is 5. The molecule has 0 spiro atoms. The van der Waals surface area contributed by atoms with Gasteiger partial charge in [0.25, 0.3) is 0 Å². The third-order valence-electron chi connectivity index (χ3n) is 3.98. The molecule has 158 valence electrons. The van der Waals surface area contributed by atoms with E-state index in [-0.39, 0.29) is 5.82 Å². The Balaban J connectivity index is 2.48. The normalized spacial score (nSPS) is 11.7. The predicted octanol–water partition coefficient (Wildman–Crippen LogP) is 3.28. The fraction of sp³-hybridized carbons (Fsp3) is 0.211. The van der Waals surface area contributed by atoms with Crippen molar-refractivity contribution in [2.24, 2.45) is 0 Å². The molecule has 3 aromatic rings. The van der Waals surface area contributed by atoms with Crippen LogP contribution in [0.2, 0.25) is 0 Å². The summed E-state index contributed by atoms with van der Waals surface area (Å²) in [6.07, 6.45) is 0.659. The standard InChI is InChI=1S/C19H14BrF4N3O3/c1-19(2,3)26-16-10(22)5-11(23)17(25-16)27-6-8(18(29)30)15(28)7-4-9(21)13(24)12(20)14(7)27/h4-6H,1-3H3,(H,25,26)(H,29,30)/p-1. The van der Waals surface area contributed by atoms with Crippen LogP contribution in [-0.4, -0.2) is 21.1 Å². The number of hydrogen-bond donors (Lipinski definition) is 1. The Kier molecular flexibility index (Phi) is 5.35. The van der Waals surface area contributed by atoms with Crippen LogP contribution in [0.1, 0.15) is 31.1 Å². The van der Waals surface area contributed by atoms with Gasteiger partial charge < -0.3 is 15.2 Å². The first-order valence-electron chi connectivity index (χ1n) is 8.40. The SMILES string of the molecule is CC(C)(C)Nc1nc(-n2cc(C(=O)[O-])c(=O)c3cc(F)c(F)c(Br)c32)c(F)cc1F. The lowest BCUT2D eigenvalue weighted by Gasteiger charge is -2.23. The molecular weight excluding hydrogens is 474 g/mol. The number of nitrogens with one attached hydrogen (secondary N) is 1. The molecule has 1 aromatic carbocycles. The second-order valence-corrected chi connectivity index (χ2v) is 8.20. The zero-order valence-electron chi connectivity index (χ0n) is 15.7. The average molecular weight is 487 g/mol. The summed E-state index contributed by atoms with van der Waals surface area (Å²) in [6, 6.07) is 0.975. The van der Waals surface area contributed by atoms with Crippen molar-refractivity contribution < 1.29 is 27.5 Å². The molecule has 1 N–H and O–H groups in total. The van der Waals surface area contributed by atoms with Crippen LogP contribution in [-0.2, 0) is 0 Å². The summed E-state index contributed by atoms with van der Waals surface area (Å²) < 4.78 is 57.0. The van der Waals surface area contributed by atoms with Gasteiger partial charge in [-0.1, -0.05) is 0 Å². The second-order valence-electron chi connectivity index (χ2n) is 7.41. The van der Waals surface area contributed by atoms with Crippen LogP contribution in [0.5, 0.6) is 0 Å². The van der Waals surface area contributed by atoms with Gasteiger partial charge in [0.15, 0.2) is 40.3 Å². The molecule has 0 fully saturated rings. The summed E-state index contributed by atoms with van der Waals surface area (Å²) in [5, 5.41) is 13.5. The fourth-order valence-electron chi connectivity index (χ4n) is 2.77. The molecule has 0 saturated carbocycles. The molecule has 11 heteroatoms. The first kappa shape index (κ1) is 21.8. The van der Waals surface area contributed by atoms with Gasteiger partial charge in [0.05, 0.1) is 26.9 Å². The summed E-state index contributed by atoms with van der Waals surface area (Å²) in [5.74, 6) is -8.05. The first-order chi connectivity index (χ1) is 13.8. The third-order valence-corrected chi connectivity index (χ3v) is 4.70. The van der Waals surface area contributed by atoms with Crippen molar-refractivity contribution in [2.45, 2.75) is 26.3 Å². The number of fused-ring (bicyclic) bond motifs is 1. The number of pyridine rings is 2. The third kappa shape index (κ3) is 3.76. The van der Waals surface area contributed by atoms with E-state index in [9.17, 15) is 32.3 Å². The fourth-order valence-corrected chi connectivity index (χ4v) is 3.37. The van der Waals surface area contributed by atoms with Crippen molar-refractivity contribution in [1.29, 1.82) is 0 Å². The molecular formula is C19H13BrF4N3O3-. The average Bonchev–Trinajstić information content (AvgIpc) is 2.62. The van der Waals surface area contributed by atoms with Gasteiger partial charge in [-0.2, -0.15) is 0 Å². The maximum Gasteiger partial charge on any atom is 0.198 e. The Hall–Kier alpha value is -2.95. The molecule has 2 aromatic heterocycles. The number of anilines is 1. The number of benzene rings is 1. The molecule has 0 aliphatic carbocycles. The quantitative estimate of drug-likeness (QED) is 0.453. The van der Waals surface area contributed by atoms with Crippen molar-refractivity contribution in [3.63, 3.8) is 0 Å². The van der Waals surface area contributed by atoms with Crippen LogP contribution in [0.3, 0.4) is 0 Å². The number of rotatable bonds is 3. The Morgan fingerprint density at radius 1 is 1.13 bits per heavy atom. The number of carbonyl (C=O) groups is 1. The molecule has 0 bridgehead atoms. The number of nitrogens with zero attached hydrogens (tertiary/aromatic N) is 2. The largest absolute Gasteiger partial charge is 0.545 e. The number of carboxylic acid groups (broad SMARTS) is 1. The zero-order valence-corrected chi connectivity index (χ0v) is 17.3. The topological polar surface area (TPSA) is 87.1 Å². The molecule has 0 unspecified atom stereocenters. The lowest BCUT2D eigenvalue weighted by Crippen LogP contribution is -2.31. The van der Waals surface area contributed by atoms with E-state index in [1.165, 1.54) is 0 Å². The van der Waals surface area contributed by atoms with Crippen molar-refractivity contribution in [3.05, 3.63) is 61.9 Å². The van der Waals surface area contributed by atoms with E-state index < -0.39 is 67.0 Å². The van der Waals surface area contributed by atoms with E-state index in [1.54, 1.807) is 20.8 Å². The monoisotopic (exact) mass is 486 g/mol. The van der Waals surface area contributed by atoms with Gasteiger partial charge >= 0.3 is 0 Å². The van der Waals surface area contributed by atoms with E-state index in [1.807, 2.05) is 0 Å². The van der Waals surface area contributed by atoms with Gasteiger partial charge in [-0.05, 0) is 42.8 Å². The number of aromatic nitrogens is 2. The van der Waals surface area contributed by atoms with Crippen LogP contribution >= 0.6 is 15.9 Å². The van der Waals surface area contributed by atoms with Gasteiger partial charge in [-0.15, -0.1) is 0 Å². The van der Waals surface area contributed by atoms with Crippen LogP contribution in [0, 0.1) is 23.3 Å². The molecule has 3 rings (SSSR count). The van der Waals surface area contributed by atoms with Crippen LogP contribution in [0.15, 0.2) is 27.6 Å². The maximum atomic E-state index is 14.6. The Bertz CT molecular complexity index is 1270. The number of halogens is 5. The highest BCUT2D eigenvalue weighted by atomic mass is 79.9. The molecule has 0 radical (unpaired) electrons. The highest BCUT2D eigenvalue weighted by Gasteiger charge is 2.23. The maximum absolute atomic E-state index is 14.6. The lowest BCUT2D eigenvalue weighted by atomic mass is 10.1. The Morgan fingerprint density at radius 2 is 1.77 bits per heavy atom. The van der Waals surface area contributed by atoms with E-state index in [4.69, 9.17) is 0 Å². The Labute approximate surface area is 175 Å². The Morgan fingerprint density at radius 3 is 2.33 bits per heavy atom. The molecule has 30 heavy (non-hydrogen) atoms. The van der Waals surface area contributed by atoms with Gasteiger partial charge in [0.1, 0.15) is 0 Å². The zero-order chi connectivity index (χ0) is 22.5. The van der Waals surface area contributed by atoms with Crippen molar-refractivity contribution in [1.82, 2.24) is 9.55 Å².